The van der Waals surface area contributed by atoms with Gasteiger partial charge in [0.15, 0.2) is 0 Å². The molecule has 94 valence electrons. The first kappa shape index (κ1) is 13.5. The highest BCUT2D eigenvalue weighted by Crippen LogP contribution is 2.24. The van der Waals surface area contributed by atoms with Crippen molar-refractivity contribution in [3.8, 4) is 5.75 Å². The summed E-state index contributed by atoms with van der Waals surface area (Å²) in [6, 6.07) is 7.01. The molecule has 0 radical (unpaired) electrons. The van der Waals surface area contributed by atoms with E-state index >= 15 is 0 Å². The summed E-state index contributed by atoms with van der Waals surface area (Å²) in [6.07, 6.45) is 0. The third-order valence-electron chi connectivity index (χ3n) is 2.56. The largest absolute Gasteiger partial charge is 0.494 e. The summed E-state index contributed by atoms with van der Waals surface area (Å²) in [6.45, 7) is 6.08. The minimum absolute atomic E-state index is 0.0659. The topological polar surface area (TPSA) is 58.6 Å². The highest BCUT2D eigenvalue weighted by atomic mass is 16.5. The van der Waals surface area contributed by atoms with Crippen molar-refractivity contribution in [2.75, 3.05) is 6.61 Å². The van der Waals surface area contributed by atoms with Gasteiger partial charge in [0, 0.05) is 11.6 Å². The zero-order chi connectivity index (χ0) is 12.8. The Morgan fingerprint density at radius 1 is 1.41 bits per heavy atom. The van der Waals surface area contributed by atoms with Crippen molar-refractivity contribution in [1.29, 1.82) is 0 Å². The summed E-state index contributed by atoms with van der Waals surface area (Å²) in [5.41, 5.74) is 0.974. The number of ether oxygens (including phenoxy) is 1. The number of benzene rings is 1. The standard InChI is InChI=1S/C13H19NO3/c1-4-17-12-8-6-5-7-11(12)9(2)14-10(3)13(15)16/h5-10,14H,4H2,1-3H3,(H,15,16). The van der Waals surface area contributed by atoms with Crippen LogP contribution in [0.1, 0.15) is 32.4 Å². The van der Waals surface area contributed by atoms with Crippen LogP contribution < -0.4 is 10.1 Å². The Bertz CT molecular complexity index is 379. The van der Waals surface area contributed by atoms with E-state index in [4.69, 9.17) is 9.84 Å². The Kier molecular flexibility index (Phi) is 4.97. The molecule has 4 heteroatoms. The number of carboxylic acid groups (broad SMARTS) is 1. The predicted octanol–water partition coefficient (Wildman–Crippen LogP) is 2.21. The molecule has 1 rings (SSSR count). The minimum Gasteiger partial charge on any atom is -0.494 e. The number of aliphatic carboxylic acids is 1. The van der Waals surface area contributed by atoms with Crippen LogP contribution in [0.2, 0.25) is 0 Å². The zero-order valence-electron chi connectivity index (χ0n) is 10.4. The summed E-state index contributed by atoms with van der Waals surface area (Å²) >= 11 is 0. The first-order chi connectivity index (χ1) is 8.06. The second-order valence-corrected chi connectivity index (χ2v) is 3.92. The fourth-order valence-corrected chi connectivity index (χ4v) is 1.66. The number of carboxylic acids is 1. The maximum Gasteiger partial charge on any atom is 0.320 e. The molecular formula is C13H19NO3. The van der Waals surface area contributed by atoms with Crippen molar-refractivity contribution in [2.24, 2.45) is 0 Å². The Morgan fingerprint density at radius 3 is 2.65 bits per heavy atom. The number of hydrogen-bond donors (Lipinski definition) is 2. The summed E-state index contributed by atoms with van der Waals surface area (Å²) in [7, 11) is 0. The Balaban J connectivity index is 2.80. The van der Waals surface area contributed by atoms with Gasteiger partial charge in [-0.3, -0.25) is 10.1 Å². The van der Waals surface area contributed by atoms with E-state index in [0.717, 1.165) is 11.3 Å². The average molecular weight is 237 g/mol. The van der Waals surface area contributed by atoms with Crippen molar-refractivity contribution < 1.29 is 14.6 Å². The van der Waals surface area contributed by atoms with Gasteiger partial charge in [-0.05, 0) is 26.8 Å². The number of carbonyl (C=O) groups is 1. The molecule has 2 unspecified atom stereocenters. The molecule has 0 bridgehead atoms. The Labute approximate surface area is 102 Å². The maximum atomic E-state index is 10.8. The third-order valence-corrected chi connectivity index (χ3v) is 2.56. The van der Waals surface area contributed by atoms with Gasteiger partial charge in [-0.15, -0.1) is 0 Å². The van der Waals surface area contributed by atoms with Crippen LogP contribution in [0.25, 0.3) is 0 Å². The molecule has 0 aromatic heterocycles. The molecule has 17 heavy (non-hydrogen) atoms. The molecule has 0 heterocycles. The quantitative estimate of drug-likeness (QED) is 0.796. The molecule has 1 aromatic rings. The lowest BCUT2D eigenvalue weighted by Crippen LogP contribution is -2.35. The fraction of sp³-hybridized carbons (Fsp3) is 0.462. The molecular weight excluding hydrogens is 218 g/mol. The number of nitrogens with one attached hydrogen (secondary N) is 1. The lowest BCUT2D eigenvalue weighted by Gasteiger charge is -2.20. The highest BCUT2D eigenvalue weighted by Gasteiger charge is 2.17. The number of rotatable bonds is 6. The van der Waals surface area contributed by atoms with E-state index in [1.54, 1.807) is 6.92 Å². The lowest BCUT2D eigenvalue weighted by atomic mass is 10.1. The Hall–Kier alpha value is -1.55. The molecule has 0 spiro atoms. The second-order valence-electron chi connectivity index (χ2n) is 3.92. The normalized spacial score (nSPS) is 14.1. The van der Waals surface area contributed by atoms with Crippen LogP contribution in [-0.4, -0.2) is 23.7 Å². The Morgan fingerprint density at radius 2 is 2.06 bits per heavy atom. The molecule has 0 aliphatic heterocycles. The van der Waals surface area contributed by atoms with Crippen LogP contribution in [0.3, 0.4) is 0 Å². The lowest BCUT2D eigenvalue weighted by molar-refractivity contribution is -0.139. The SMILES string of the molecule is CCOc1ccccc1C(C)NC(C)C(=O)O. The van der Waals surface area contributed by atoms with Crippen molar-refractivity contribution in [3.63, 3.8) is 0 Å². The van der Waals surface area contributed by atoms with E-state index in [0.29, 0.717) is 6.61 Å². The average Bonchev–Trinajstić information content (AvgIpc) is 2.29. The molecule has 0 fully saturated rings. The number of para-hydroxylation sites is 1. The summed E-state index contributed by atoms with van der Waals surface area (Å²) in [4.78, 5) is 10.8. The van der Waals surface area contributed by atoms with Gasteiger partial charge in [0.1, 0.15) is 11.8 Å². The molecule has 0 amide bonds. The van der Waals surface area contributed by atoms with E-state index in [9.17, 15) is 4.79 Å². The summed E-state index contributed by atoms with van der Waals surface area (Å²) in [5, 5.41) is 11.9. The third kappa shape index (κ3) is 3.75. The molecule has 0 saturated carbocycles. The molecule has 0 aliphatic carbocycles. The van der Waals surface area contributed by atoms with Crippen LogP contribution in [0.4, 0.5) is 0 Å². The predicted molar refractivity (Wildman–Crippen MR) is 66.3 cm³/mol. The van der Waals surface area contributed by atoms with Crippen LogP contribution >= 0.6 is 0 Å². The first-order valence-electron chi connectivity index (χ1n) is 5.76. The van der Waals surface area contributed by atoms with Gasteiger partial charge < -0.3 is 9.84 Å². The van der Waals surface area contributed by atoms with E-state index in [2.05, 4.69) is 5.32 Å². The molecule has 0 saturated heterocycles. The van der Waals surface area contributed by atoms with Gasteiger partial charge in [0.2, 0.25) is 0 Å². The van der Waals surface area contributed by atoms with Gasteiger partial charge in [-0.25, -0.2) is 0 Å². The van der Waals surface area contributed by atoms with Gasteiger partial charge in [0.05, 0.1) is 6.61 Å². The van der Waals surface area contributed by atoms with Gasteiger partial charge in [0.25, 0.3) is 0 Å². The molecule has 4 nitrogen and oxygen atoms in total. The van der Waals surface area contributed by atoms with E-state index in [-0.39, 0.29) is 6.04 Å². The molecule has 2 N–H and O–H groups in total. The van der Waals surface area contributed by atoms with E-state index < -0.39 is 12.0 Å². The second kappa shape index (κ2) is 6.25. The van der Waals surface area contributed by atoms with Gasteiger partial charge in [-0.2, -0.15) is 0 Å². The van der Waals surface area contributed by atoms with Crippen molar-refractivity contribution in [1.82, 2.24) is 5.32 Å². The van der Waals surface area contributed by atoms with Crippen molar-refractivity contribution in [3.05, 3.63) is 29.8 Å². The maximum absolute atomic E-state index is 10.8. The van der Waals surface area contributed by atoms with Gasteiger partial charge >= 0.3 is 5.97 Å². The molecule has 2 atom stereocenters. The van der Waals surface area contributed by atoms with Crippen LogP contribution in [0, 0.1) is 0 Å². The molecule has 1 aromatic carbocycles. The van der Waals surface area contributed by atoms with Crippen LogP contribution in [0.5, 0.6) is 5.75 Å². The van der Waals surface area contributed by atoms with Crippen LogP contribution in [-0.2, 0) is 4.79 Å². The van der Waals surface area contributed by atoms with E-state index in [1.165, 1.54) is 0 Å². The van der Waals surface area contributed by atoms with E-state index in [1.807, 2.05) is 38.1 Å². The minimum atomic E-state index is -0.856. The first-order valence-corrected chi connectivity index (χ1v) is 5.76. The smallest absolute Gasteiger partial charge is 0.320 e. The van der Waals surface area contributed by atoms with Crippen LogP contribution in [0.15, 0.2) is 24.3 Å². The zero-order valence-corrected chi connectivity index (χ0v) is 10.4. The summed E-state index contributed by atoms with van der Waals surface area (Å²) < 4.78 is 5.51. The van der Waals surface area contributed by atoms with Gasteiger partial charge in [-0.1, -0.05) is 18.2 Å². The van der Waals surface area contributed by atoms with Crippen molar-refractivity contribution in [2.45, 2.75) is 32.9 Å². The summed E-state index contributed by atoms with van der Waals surface area (Å²) in [5.74, 6) is -0.0571. The number of hydrogen-bond acceptors (Lipinski definition) is 3. The van der Waals surface area contributed by atoms with Crippen molar-refractivity contribution >= 4 is 5.97 Å². The fourth-order valence-electron chi connectivity index (χ4n) is 1.66. The monoisotopic (exact) mass is 237 g/mol. The highest BCUT2D eigenvalue weighted by molar-refractivity contribution is 5.72. The molecule has 0 aliphatic rings.